The molecule has 2 N–H and O–H groups in total. The third-order valence-electron chi connectivity index (χ3n) is 8.97. The number of carbonyl (C=O) groups is 1. The Labute approximate surface area is 258 Å². The minimum Gasteiger partial charge on any atom is -0.379 e. The predicted octanol–water partition coefficient (Wildman–Crippen LogP) is 5.09. The van der Waals surface area contributed by atoms with Crippen molar-refractivity contribution in [3.63, 3.8) is 0 Å². The maximum atomic E-state index is 14.8. The van der Waals surface area contributed by atoms with E-state index in [1.807, 2.05) is 24.3 Å². The summed E-state index contributed by atoms with van der Waals surface area (Å²) in [6, 6.07) is 8.65. The van der Waals surface area contributed by atoms with Crippen molar-refractivity contribution >= 4 is 22.5 Å². The van der Waals surface area contributed by atoms with Gasteiger partial charge in [0.1, 0.15) is 12.7 Å². The van der Waals surface area contributed by atoms with Crippen molar-refractivity contribution in [2.24, 2.45) is 0 Å². The molecular weight excluding hydrogens is 592 g/mol. The normalized spacial score (nSPS) is 22.8. The van der Waals surface area contributed by atoms with Gasteiger partial charge in [-0.25, -0.2) is 4.39 Å². The second-order valence-corrected chi connectivity index (χ2v) is 12.4. The van der Waals surface area contributed by atoms with Crippen molar-refractivity contribution in [2.75, 3.05) is 39.5 Å². The number of hydrogen-bond acceptors (Lipinski definition) is 7. The Hall–Kier alpha value is -3.91. The molecule has 2 fully saturated rings. The van der Waals surface area contributed by atoms with Gasteiger partial charge in [-0.2, -0.15) is 18.2 Å². The van der Waals surface area contributed by atoms with Crippen molar-refractivity contribution < 1.29 is 26.9 Å². The van der Waals surface area contributed by atoms with Gasteiger partial charge in [0.05, 0.1) is 29.4 Å². The number of alkyl halides is 4. The highest BCUT2D eigenvalue weighted by atomic mass is 19.4. The number of likely N-dealkylation sites (tertiary alicyclic amines) is 1. The van der Waals surface area contributed by atoms with Crippen LogP contribution in [-0.4, -0.2) is 93.6 Å². The summed E-state index contributed by atoms with van der Waals surface area (Å²) in [4.78, 5) is 21.3. The predicted molar refractivity (Wildman–Crippen MR) is 162 cm³/mol. The molecular formula is C31H38F4N8O2. The van der Waals surface area contributed by atoms with Gasteiger partial charge < -0.3 is 34.1 Å². The Morgan fingerprint density at radius 3 is 2.73 bits per heavy atom. The number of benzene rings is 1. The molecule has 10 nitrogen and oxygen atoms in total. The molecule has 1 aliphatic carbocycles. The lowest BCUT2D eigenvalue weighted by atomic mass is 10.0. The first-order chi connectivity index (χ1) is 21.4. The van der Waals surface area contributed by atoms with Crippen LogP contribution in [0.3, 0.4) is 0 Å². The van der Waals surface area contributed by atoms with E-state index in [9.17, 15) is 22.4 Å². The average Bonchev–Trinajstić information content (AvgIpc) is 3.79. The number of aromatic nitrogens is 4. The number of anilines is 1. The highest BCUT2D eigenvalue weighted by Crippen LogP contribution is 2.35. The van der Waals surface area contributed by atoms with Gasteiger partial charge in [-0.1, -0.05) is 11.2 Å². The van der Waals surface area contributed by atoms with Gasteiger partial charge >= 0.3 is 6.18 Å². The zero-order valence-electron chi connectivity index (χ0n) is 25.5. The van der Waals surface area contributed by atoms with E-state index in [1.54, 1.807) is 30.3 Å². The van der Waals surface area contributed by atoms with E-state index in [0.29, 0.717) is 47.2 Å². The third-order valence-corrected chi connectivity index (χ3v) is 8.97. The third kappa shape index (κ3) is 6.86. The van der Waals surface area contributed by atoms with Gasteiger partial charge in [0.25, 0.3) is 5.91 Å². The first kappa shape index (κ1) is 31.1. The van der Waals surface area contributed by atoms with E-state index in [-0.39, 0.29) is 36.4 Å². The molecule has 1 saturated heterocycles. The summed E-state index contributed by atoms with van der Waals surface area (Å²) in [5, 5.41) is 10.4. The number of piperidine rings is 1. The smallest absolute Gasteiger partial charge is 0.379 e. The molecule has 1 saturated carbocycles. The molecule has 0 bridgehead atoms. The minimum absolute atomic E-state index is 0.0452. The van der Waals surface area contributed by atoms with E-state index in [1.165, 1.54) is 0 Å². The minimum atomic E-state index is -4.52. The number of nitrogens with one attached hydrogen (secondary N) is 2. The molecule has 4 atom stereocenters. The largest absolute Gasteiger partial charge is 0.406 e. The summed E-state index contributed by atoms with van der Waals surface area (Å²) in [5.74, 6) is -0.315. The Balaban J connectivity index is 1.18. The first-order valence-electron chi connectivity index (χ1n) is 15.2. The zero-order valence-corrected chi connectivity index (χ0v) is 25.5. The maximum Gasteiger partial charge on any atom is 0.406 e. The van der Waals surface area contributed by atoms with Gasteiger partial charge in [0.15, 0.2) is 0 Å². The molecule has 4 aromatic rings. The van der Waals surface area contributed by atoms with Crippen LogP contribution in [0.4, 0.5) is 23.2 Å². The van der Waals surface area contributed by atoms with Crippen molar-refractivity contribution in [3.8, 4) is 11.5 Å². The highest BCUT2D eigenvalue weighted by Gasteiger charge is 2.33. The topological polar surface area (TPSA) is 96.4 Å². The number of fused-ring (bicyclic) bond motifs is 1. The molecule has 45 heavy (non-hydrogen) atoms. The standard InChI is InChI=1S/C31H38F4N8O2/c1-40(2)20-7-8-21(13-20)42-12-9-19(16-42)30(44)36-15-28-38-29(39-45-28)27-14-22-24(37-25-10-11-41(3)17-23(25)32)5-4-6-26(22)43(27)18-31(33,34)35/h4-6,9,12,14,16,20-21,23,25,37H,7-8,10-11,13,15,17-18H2,1-3H3,(H,36,44)/t20-,21+,23+,25-/m1/s1. The quantitative estimate of drug-likeness (QED) is 0.249. The van der Waals surface area contributed by atoms with Crippen molar-refractivity contribution in [2.45, 2.75) is 69.2 Å². The molecule has 242 valence electrons. The number of hydrogen-bond donors (Lipinski definition) is 2. The summed E-state index contributed by atoms with van der Waals surface area (Å²) >= 11 is 0. The van der Waals surface area contributed by atoms with E-state index in [4.69, 9.17) is 4.52 Å². The van der Waals surface area contributed by atoms with Gasteiger partial charge in [0.2, 0.25) is 11.7 Å². The lowest BCUT2D eigenvalue weighted by Crippen LogP contribution is -2.46. The number of nitrogens with zero attached hydrogens (tertiary/aromatic N) is 6. The fraction of sp³-hybridized carbons (Fsp3) is 0.516. The second-order valence-electron chi connectivity index (χ2n) is 12.4. The molecule has 2 aliphatic rings. The number of halogens is 4. The summed E-state index contributed by atoms with van der Waals surface area (Å²) in [7, 11) is 6.01. The van der Waals surface area contributed by atoms with Crippen LogP contribution >= 0.6 is 0 Å². The molecule has 0 radical (unpaired) electrons. The molecule has 0 unspecified atom stereocenters. The summed E-state index contributed by atoms with van der Waals surface area (Å²) in [6.45, 7) is -0.383. The van der Waals surface area contributed by atoms with Crippen molar-refractivity contribution in [1.82, 2.24) is 34.4 Å². The molecule has 1 aromatic carbocycles. The van der Waals surface area contributed by atoms with Crippen LogP contribution in [-0.2, 0) is 13.1 Å². The summed E-state index contributed by atoms with van der Waals surface area (Å²) in [6.07, 6.45) is 1.82. The molecule has 14 heteroatoms. The van der Waals surface area contributed by atoms with E-state index < -0.39 is 24.9 Å². The number of rotatable bonds is 9. The van der Waals surface area contributed by atoms with Crippen LogP contribution in [0.1, 0.15) is 48.0 Å². The monoisotopic (exact) mass is 630 g/mol. The van der Waals surface area contributed by atoms with Gasteiger partial charge in [0, 0.05) is 48.6 Å². The lowest BCUT2D eigenvalue weighted by molar-refractivity contribution is -0.139. The SMILES string of the molecule is CN1CC[C@@H](Nc2cccc3c2cc(-c2noc(CNC(=O)c4ccn([C@H]5CC[C@@H](N(C)C)C5)c4)n2)n3CC(F)(F)F)[C@@H](F)C1. The number of amides is 1. The Morgan fingerprint density at radius 2 is 2.00 bits per heavy atom. The first-order valence-corrected chi connectivity index (χ1v) is 15.2. The summed E-state index contributed by atoms with van der Waals surface area (Å²) < 4.78 is 64.5. The van der Waals surface area contributed by atoms with Crippen LogP contribution < -0.4 is 10.6 Å². The molecule has 3 aromatic heterocycles. The second kappa shape index (κ2) is 12.5. The maximum absolute atomic E-state index is 14.8. The molecule has 6 rings (SSSR count). The Morgan fingerprint density at radius 1 is 1.18 bits per heavy atom. The van der Waals surface area contributed by atoms with Crippen LogP contribution in [0.5, 0.6) is 0 Å². The highest BCUT2D eigenvalue weighted by molar-refractivity contribution is 5.96. The van der Waals surface area contributed by atoms with Crippen LogP contribution in [0.25, 0.3) is 22.4 Å². The number of carbonyl (C=O) groups excluding carboxylic acids is 1. The summed E-state index contributed by atoms with van der Waals surface area (Å²) in [5.41, 5.74) is 1.43. The van der Waals surface area contributed by atoms with Gasteiger partial charge in [-0.05, 0) is 71.1 Å². The van der Waals surface area contributed by atoms with Crippen LogP contribution in [0.15, 0.2) is 47.2 Å². The van der Waals surface area contributed by atoms with Crippen LogP contribution in [0.2, 0.25) is 0 Å². The van der Waals surface area contributed by atoms with E-state index in [2.05, 4.69) is 44.3 Å². The lowest BCUT2D eigenvalue weighted by Gasteiger charge is -2.33. The van der Waals surface area contributed by atoms with Gasteiger partial charge in [-0.15, -0.1) is 0 Å². The van der Waals surface area contributed by atoms with Crippen molar-refractivity contribution in [1.29, 1.82) is 0 Å². The van der Waals surface area contributed by atoms with Crippen molar-refractivity contribution in [3.05, 3.63) is 54.2 Å². The van der Waals surface area contributed by atoms with E-state index >= 15 is 0 Å². The molecule has 1 amide bonds. The van der Waals surface area contributed by atoms with Gasteiger partial charge in [-0.3, -0.25) is 4.79 Å². The van der Waals surface area contributed by atoms with Crippen LogP contribution in [0, 0.1) is 0 Å². The fourth-order valence-corrected chi connectivity index (χ4v) is 6.50. The molecule has 1 aliphatic heterocycles. The average molecular weight is 631 g/mol. The van der Waals surface area contributed by atoms with E-state index in [0.717, 1.165) is 23.8 Å². The Bertz CT molecular complexity index is 1640. The molecule has 0 spiro atoms. The fourth-order valence-electron chi connectivity index (χ4n) is 6.50. The molecule has 4 heterocycles. The zero-order chi connectivity index (χ0) is 31.9. The Kier molecular flexibility index (Phi) is 8.61.